The molecule has 2 amide bonds. The van der Waals surface area contributed by atoms with E-state index in [4.69, 9.17) is 5.26 Å². The highest BCUT2D eigenvalue weighted by Crippen LogP contribution is 2.21. The number of amides is 2. The van der Waals surface area contributed by atoms with E-state index in [0.717, 1.165) is 11.8 Å². The van der Waals surface area contributed by atoms with Crippen LogP contribution >= 0.6 is 0 Å². The van der Waals surface area contributed by atoms with E-state index in [9.17, 15) is 14.7 Å². The van der Waals surface area contributed by atoms with E-state index in [1.165, 1.54) is 6.07 Å². The largest absolute Gasteiger partial charge is 0.506 e. The van der Waals surface area contributed by atoms with Crippen LogP contribution in [0.15, 0.2) is 66.4 Å². The molecule has 2 rings (SSSR count). The first-order valence-electron chi connectivity index (χ1n) is 7.13. The van der Waals surface area contributed by atoms with Crippen molar-refractivity contribution < 1.29 is 14.7 Å². The molecule has 0 radical (unpaired) electrons. The number of carbonyl (C=O) groups excluding carboxylic acids is 2. The van der Waals surface area contributed by atoms with Gasteiger partial charge < -0.3 is 10.4 Å². The molecule has 120 valence electrons. The van der Waals surface area contributed by atoms with Gasteiger partial charge in [-0.25, -0.2) is 0 Å². The number of rotatable bonds is 5. The van der Waals surface area contributed by atoms with Crippen molar-refractivity contribution in [2.24, 2.45) is 0 Å². The lowest BCUT2D eigenvalue weighted by atomic mass is 10.1. The third kappa shape index (κ3) is 4.71. The second-order valence-corrected chi connectivity index (χ2v) is 4.87. The number of nitrogens with zero attached hydrogens (tertiary/aromatic N) is 1. The zero-order chi connectivity index (χ0) is 17.4. The number of nitrogens with one attached hydrogen (secondary N) is 2. The summed E-state index contributed by atoms with van der Waals surface area (Å²) in [5.74, 6) is -1.33. The van der Waals surface area contributed by atoms with Gasteiger partial charge in [-0.15, -0.1) is 0 Å². The number of benzene rings is 2. The molecule has 0 saturated carbocycles. The van der Waals surface area contributed by atoms with Crippen molar-refractivity contribution >= 4 is 17.5 Å². The zero-order valence-corrected chi connectivity index (χ0v) is 12.7. The summed E-state index contributed by atoms with van der Waals surface area (Å²) in [6, 6.07) is 17.0. The van der Waals surface area contributed by atoms with Crippen LogP contribution in [0.3, 0.4) is 0 Å². The normalized spacial score (nSPS) is 10.5. The van der Waals surface area contributed by atoms with Crippen molar-refractivity contribution in [3.05, 3.63) is 71.9 Å². The predicted molar refractivity (Wildman–Crippen MR) is 88.7 cm³/mol. The van der Waals surface area contributed by atoms with Gasteiger partial charge >= 0.3 is 0 Å². The van der Waals surface area contributed by atoms with Crippen molar-refractivity contribution in [3.8, 4) is 11.8 Å². The predicted octanol–water partition coefficient (Wildman–Crippen LogP) is 2.10. The van der Waals surface area contributed by atoms with Crippen molar-refractivity contribution in [2.75, 3.05) is 5.32 Å². The van der Waals surface area contributed by atoms with Crippen LogP contribution in [0.25, 0.3) is 0 Å². The first kappa shape index (κ1) is 16.8. The van der Waals surface area contributed by atoms with Crippen LogP contribution in [-0.4, -0.2) is 16.9 Å². The van der Waals surface area contributed by atoms with Gasteiger partial charge in [0.1, 0.15) is 17.4 Å². The molecule has 2 aromatic rings. The summed E-state index contributed by atoms with van der Waals surface area (Å²) in [4.78, 5) is 23.8. The number of phenolic OH excluding ortho intramolecular Hbond substituents is 1. The van der Waals surface area contributed by atoms with Crippen molar-refractivity contribution in [1.29, 1.82) is 5.26 Å². The van der Waals surface area contributed by atoms with E-state index in [1.54, 1.807) is 48.5 Å². The van der Waals surface area contributed by atoms with Crippen LogP contribution in [-0.2, 0) is 16.0 Å². The van der Waals surface area contributed by atoms with Crippen molar-refractivity contribution in [2.45, 2.75) is 6.42 Å². The number of aromatic hydroxyl groups is 1. The Hall–Kier alpha value is -3.59. The van der Waals surface area contributed by atoms with Crippen LogP contribution in [0.5, 0.6) is 5.75 Å². The van der Waals surface area contributed by atoms with E-state index in [0.29, 0.717) is 5.69 Å². The summed E-state index contributed by atoms with van der Waals surface area (Å²) in [5, 5.41) is 23.5. The SMILES string of the molecule is N#C/C(=C\Nc1ccccc1O)C(=O)NC(=O)Cc1ccccc1. The average molecular weight is 321 g/mol. The fourth-order valence-corrected chi connectivity index (χ4v) is 1.91. The number of anilines is 1. The molecule has 0 fully saturated rings. The molecule has 0 saturated heterocycles. The minimum atomic E-state index is -0.804. The molecular formula is C18H15N3O3. The lowest BCUT2D eigenvalue weighted by Crippen LogP contribution is -2.32. The molecule has 24 heavy (non-hydrogen) atoms. The van der Waals surface area contributed by atoms with Crippen LogP contribution < -0.4 is 10.6 Å². The highest BCUT2D eigenvalue weighted by molar-refractivity contribution is 6.07. The first-order chi connectivity index (χ1) is 11.6. The number of imide groups is 1. The lowest BCUT2D eigenvalue weighted by molar-refractivity contribution is -0.127. The van der Waals surface area contributed by atoms with Crippen LogP contribution in [0, 0.1) is 11.3 Å². The molecule has 0 heterocycles. The molecule has 2 aromatic carbocycles. The van der Waals surface area contributed by atoms with Gasteiger partial charge in [0.15, 0.2) is 0 Å². The fourth-order valence-electron chi connectivity index (χ4n) is 1.91. The Bertz CT molecular complexity index is 808. The molecule has 0 aromatic heterocycles. The second kappa shape index (κ2) is 8.15. The summed E-state index contributed by atoms with van der Waals surface area (Å²) in [6.45, 7) is 0. The number of hydrogen-bond donors (Lipinski definition) is 3. The second-order valence-electron chi connectivity index (χ2n) is 4.87. The Labute approximate surface area is 139 Å². The number of nitriles is 1. The van der Waals surface area contributed by atoms with E-state index in [-0.39, 0.29) is 17.7 Å². The van der Waals surface area contributed by atoms with E-state index in [1.807, 2.05) is 6.07 Å². The van der Waals surface area contributed by atoms with E-state index in [2.05, 4.69) is 10.6 Å². The molecule has 0 spiro atoms. The molecule has 3 N–H and O–H groups in total. The maximum absolute atomic E-state index is 12.0. The minimum Gasteiger partial charge on any atom is -0.506 e. The standard InChI is InChI=1S/C18H15N3O3/c19-11-14(12-20-15-8-4-5-9-16(15)22)18(24)21-17(23)10-13-6-2-1-3-7-13/h1-9,12,20,22H,10H2,(H,21,23,24)/b14-12+. The summed E-state index contributed by atoms with van der Waals surface area (Å²) < 4.78 is 0. The molecule has 0 aliphatic carbocycles. The van der Waals surface area contributed by atoms with E-state index < -0.39 is 11.8 Å². The van der Waals surface area contributed by atoms with Crippen LogP contribution in [0.4, 0.5) is 5.69 Å². The Morgan fingerprint density at radius 2 is 1.75 bits per heavy atom. The van der Waals surface area contributed by atoms with E-state index >= 15 is 0 Å². The van der Waals surface area contributed by atoms with Crippen molar-refractivity contribution in [3.63, 3.8) is 0 Å². The Kier molecular flexibility index (Phi) is 5.70. The molecule has 0 aliphatic heterocycles. The average Bonchev–Trinajstić information content (AvgIpc) is 2.57. The highest BCUT2D eigenvalue weighted by Gasteiger charge is 2.13. The maximum atomic E-state index is 12.0. The molecule has 6 nitrogen and oxygen atoms in total. The highest BCUT2D eigenvalue weighted by atomic mass is 16.3. The molecule has 0 atom stereocenters. The third-order valence-electron chi connectivity index (χ3n) is 3.10. The Morgan fingerprint density at radius 3 is 2.42 bits per heavy atom. The summed E-state index contributed by atoms with van der Waals surface area (Å²) in [5.41, 5.74) is 0.825. The summed E-state index contributed by atoms with van der Waals surface area (Å²) >= 11 is 0. The van der Waals surface area contributed by atoms with Gasteiger partial charge in [0, 0.05) is 6.20 Å². The third-order valence-corrected chi connectivity index (χ3v) is 3.10. The number of hydrogen-bond acceptors (Lipinski definition) is 5. The number of phenols is 1. The Morgan fingerprint density at radius 1 is 1.08 bits per heavy atom. The van der Waals surface area contributed by atoms with Gasteiger partial charge in [0.25, 0.3) is 5.91 Å². The van der Waals surface area contributed by atoms with Gasteiger partial charge in [-0.05, 0) is 17.7 Å². The van der Waals surface area contributed by atoms with Crippen molar-refractivity contribution in [1.82, 2.24) is 5.32 Å². The fraction of sp³-hybridized carbons (Fsp3) is 0.0556. The minimum absolute atomic E-state index is 0.0217. The smallest absolute Gasteiger partial charge is 0.270 e. The van der Waals surface area contributed by atoms with Crippen LogP contribution in [0.2, 0.25) is 0 Å². The van der Waals surface area contributed by atoms with Gasteiger partial charge in [0.2, 0.25) is 5.91 Å². The molecule has 0 unspecified atom stereocenters. The number of para-hydroxylation sites is 2. The lowest BCUT2D eigenvalue weighted by Gasteiger charge is -2.05. The number of carbonyl (C=O) groups is 2. The first-order valence-corrected chi connectivity index (χ1v) is 7.13. The van der Waals surface area contributed by atoms with Gasteiger partial charge in [0.05, 0.1) is 12.1 Å². The quantitative estimate of drug-likeness (QED) is 0.444. The Balaban J connectivity index is 1.98. The van der Waals surface area contributed by atoms with Gasteiger partial charge in [-0.1, -0.05) is 42.5 Å². The molecule has 0 bridgehead atoms. The monoisotopic (exact) mass is 321 g/mol. The summed E-state index contributed by atoms with van der Waals surface area (Å²) in [7, 11) is 0. The molecule has 0 aliphatic rings. The zero-order valence-electron chi connectivity index (χ0n) is 12.7. The molecule has 6 heteroatoms. The van der Waals surface area contributed by atoms with Gasteiger partial charge in [-0.3, -0.25) is 14.9 Å². The summed E-state index contributed by atoms with van der Waals surface area (Å²) in [6.07, 6.45) is 1.18. The van der Waals surface area contributed by atoms with Crippen LogP contribution in [0.1, 0.15) is 5.56 Å². The topological polar surface area (TPSA) is 102 Å². The maximum Gasteiger partial charge on any atom is 0.270 e. The molecular weight excluding hydrogens is 306 g/mol. The van der Waals surface area contributed by atoms with Gasteiger partial charge in [-0.2, -0.15) is 5.26 Å².